The first kappa shape index (κ1) is 23.8. The Labute approximate surface area is 205 Å². The molecule has 4 N–H and O–H groups in total. The van der Waals surface area contributed by atoms with Gasteiger partial charge in [-0.1, -0.05) is 12.1 Å². The molecule has 0 saturated carbocycles. The monoisotopic (exact) mass is 478 g/mol. The average Bonchev–Trinajstić information content (AvgIpc) is 3.11. The summed E-state index contributed by atoms with van der Waals surface area (Å²) >= 11 is 0. The van der Waals surface area contributed by atoms with E-state index in [-0.39, 0.29) is 18.2 Å². The van der Waals surface area contributed by atoms with Gasteiger partial charge in [-0.25, -0.2) is 9.97 Å². The van der Waals surface area contributed by atoms with Gasteiger partial charge in [0.25, 0.3) is 0 Å². The van der Waals surface area contributed by atoms with E-state index in [1.165, 1.54) is 11.1 Å². The number of hydrogen-bond acceptors (Lipinski definition) is 9. The van der Waals surface area contributed by atoms with Crippen molar-refractivity contribution < 1.29 is 9.84 Å². The Kier molecular flexibility index (Phi) is 7.07. The van der Waals surface area contributed by atoms with E-state index in [1.807, 2.05) is 38.1 Å². The van der Waals surface area contributed by atoms with Gasteiger partial charge in [0.1, 0.15) is 0 Å². The lowest BCUT2D eigenvalue weighted by Gasteiger charge is -2.43. The van der Waals surface area contributed by atoms with Crippen LogP contribution in [0, 0.1) is 0 Å². The number of ether oxygens (including phenoxy) is 1. The van der Waals surface area contributed by atoms with Gasteiger partial charge in [-0.3, -0.25) is 14.9 Å². The van der Waals surface area contributed by atoms with E-state index in [2.05, 4.69) is 44.2 Å². The summed E-state index contributed by atoms with van der Waals surface area (Å²) in [5.74, 6) is 0.528. The molecule has 2 unspecified atom stereocenters. The van der Waals surface area contributed by atoms with Crippen molar-refractivity contribution in [3.05, 3.63) is 54.0 Å². The average molecular weight is 479 g/mol. The van der Waals surface area contributed by atoms with Crippen molar-refractivity contribution in [3.63, 3.8) is 0 Å². The molecule has 10 heteroatoms. The maximum atomic E-state index is 10.8. The maximum Gasteiger partial charge on any atom is 0.227 e. The van der Waals surface area contributed by atoms with Crippen LogP contribution in [-0.2, 0) is 18.3 Å². The van der Waals surface area contributed by atoms with E-state index >= 15 is 0 Å². The van der Waals surface area contributed by atoms with E-state index in [4.69, 9.17) is 9.72 Å². The highest BCUT2D eigenvalue weighted by Gasteiger charge is 2.34. The summed E-state index contributed by atoms with van der Waals surface area (Å²) in [7, 11) is 1.87. The number of aryl methyl sites for hydroxylation is 1. The molecule has 3 aromatic rings. The molecule has 1 aromatic carbocycles. The van der Waals surface area contributed by atoms with Crippen molar-refractivity contribution in [1.29, 1.82) is 0 Å². The number of fused-ring (bicyclic) bond motifs is 1. The van der Waals surface area contributed by atoms with Crippen molar-refractivity contribution in [2.45, 2.75) is 51.4 Å². The van der Waals surface area contributed by atoms with Crippen molar-refractivity contribution in [3.8, 4) is 11.3 Å². The molecule has 0 radical (unpaired) electrons. The molecule has 0 bridgehead atoms. The number of aliphatic hydroxyl groups excluding tert-OH is 1. The maximum absolute atomic E-state index is 10.8. The van der Waals surface area contributed by atoms with Gasteiger partial charge in [0.15, 0.2) is 6.35 Å². The number of aliphatic hydroxyl groups is 1. The van der Waals surface area contributed by atoms with Gasteiger partial charge < -0.3 is 20.5 Å². The van der Waals surface area contributed by atoms with Gasteiger partial charge in [0, 0.05) is 50.7 Å². The topological polar surface area (TPSA) is 112 Å². The Bertz CT molecular complexity index is 1140. The van der Waals surface area contributed by atoms with Crippen LogP contribution in [0.3, 0.4) is 0 Å². The summed E-state index contributed by atoms with van der Waals surface area (Å²) in [6, 6.07) is 8.40. The molecular formula is C25H34N8O2. The van der Waals surface area contributed by atoms with E-state index in [0.29, 0.717) is 5.95 Å². The molecule has 0 aliphatic carbocycles. The van der Waals surface area contributed by atoms with E-state index < -0.39 is 6.35 Å². The zero-order valence-corrected chi connectivity index (χ0v) is 20.5. The minimum Gasteiger partial charge on any atom is -0.373 e. The number of likely N-dealkylation sites (tertiary alicyclic amines) is 1. The van der Waals surface area contributed by atoms with Gasteiger partial charge in [-0.05, 0) is 50.1 Å². The summed E-state index contributed by atoms with van der Waals surface area (Å²) in [4.78, 5) is 11.1. The lowest BCUT2D eigenvalue weighted by Crippen LogP contribution is -2.61. The minimum absolute atomic E-state index is 0.0577. The summed E-state index contributed by atoms with van der Waals surface area (Å²) in [6.45, 7) is 7.22. The van der Waals surface area contributed by atoms with Crippen molar-refractivity contribution in [2.24, 2.45) is 7.05 Å². The van der Waals surface area contributed by atoms with Crippen LogP contribution in [0.15, 0.2) is 42.9 Å². The van der Waals surface area contributed by atoms with Crippen molar-refractivity contribution in [1.82, 2.24) is 35.3 Å². The first-order valence-corrected chi connectivity index (χ1v) is 12.2. The van der Waals surface area contributed by atoms with Crippen LogP contribution in [0.25, 0.3) is 11.3 Å². The van der Waals surface area contributed by atoms with Crippen LogP contribution in [0.4, 0.5) is 11.6 Å². The molecule has 2 aliphatic heterocycles. The fraction of sp³-hybridized carbons (Fsp3) is 0.480. The highest BCUT2D eigenvalue weighted by atomic mass is 16.5. The summed E-state index contributed by atoms with van der Waals surface area (Å²) < 4.78 is 7.55. The lowest BCUT2D eigenvalue weighted by atomic mass is 9.96. The SMILES string of the molecule is CC(C)OC1CN(C(O)NC2CCNCc3cc(-c4ccnc(Nc5cnn(C)c5)n4)ccc32)C1. The Morgan fingerprint density at radius 2 is 2.09 bits per heavy atom. The largest absolute Gasteiger partial charge is 0.373 e. The summed E-state index contributed by atoms with van der Waals surface area (Å²) in [5, 5.41) is 25.1. The van der Waals surface area contributed by atoms with Crippen LogP contribution < -0.4 is 16.0 Å². The molecule has 5 rings (SSSR count). The van der Waals surface area contributed by atoms with Gasteiger partial charge in [0.05, 0.1) is 29.8 Å². The number of aromatic nitrogens is 4. The number of hydrogen-bond donors (Lipinski definition) is 4. The van der Waals surface area contributed by atoms with Crippen LogP contribution in [0.5, 0.6) is 0 Å². The van der Waals surface area contributed by atoms with Gasteiger partial charge in [-0.15, -0.1) is 0 Å². The van der Waals surface area contributed by atoms with Gasteiger partial charge >= 0.3 is 0 Å². The summed E-state index contributed by atoms with van der Waals surface area (Å²) in [6.07, 6.45) is 5.99. The second kappa shape index (κ2) is 10.4. The van der Waals surface area contributed by atoms with Crippen LogP contribution >= 0.6 is 0 Å². The highest BCUT2D eigenvalue weighted by molar-refractivity contribution is 5.63. The number of rotatable bonds is 8. The van der Waals surface area contributed by atoms with E-state index in [9.17, 15) is 5.11 Å². The first-order chi connectivity index (χ1) is 16.9. The number of anilines is 2. The molecule has 1 saturated heterocycles. The molecular weight excluding hydrogens is 444 g/mol. The van der Waals surface area contributed by atoms with Crippen LogP contribution in [0.1, 0.15) is 37.4 Å². The minimum atomic E-state index is -0.694. The Balaban J connectivity index is 1.29. The second-order valence-corrected chi connectivity index (χ2v) is 9.53. The quantitative estimate of drug-likeness (QED) is 0.362. The van der Waals surface area contributed by atoms with E-state index in [0.717, 1.165) is 49.5 Å². The smallest absolute Gasteiger partial charge is 0.227 e. The third-order valence-electron chi connectivity index (χ3n) is 6.39. The lowest BCUT2D eigenvalue weighted by molar-refractivity contribution is -0.150. The van der Waals surface area contributed by atoms with E-state index in [1.54, 1.807) is 17.1 Å². The zero-order valence-electron chi connectivity index (χ0n) is 20.5. The van der Waals surface area contributed by atoms with Crippen molar-refractivity contribution in [2.75, 3.05) is 25.0 Å². The first-order valence-electron chi connectivity index (χ1n) is 12.2. The molecule has 1 fully saturated rings. The molecule has 10 nitrogen and oxygen atoms in total. The molecule has 0 spiro atoms. The van der Waals surface area contributed by atoms with Crippen LogP contribution in [-0.4, -0.2) is 67.9 Å². The Morgan fingerprint density at radius 3 is 2.86 bits per heavy atom. The number of nitrogens with zero attached hydrogens (tertiary/aromatic N) is 5. The summed E-state index contributed by atoms with van der Waals surface area (Å²) in [5.41, 5.74) is 5.12. The number of nitrogens with one attached hydrogen (secondary N) is 3. The molecule has 4 heterocycles. The standard InChI is InChI=1S/C25H34N8O2/c1-16(2)35-20-14-33(15-20)25(34)31-23-6-8-26-11-18-10-17(4-5-21(18)23)22-7-9-27-24(30-22)29-19-12-28-32(3)13-19/h4-5,7,9-10,12-13,16,20,23,25-26,31,34H,6,8,11,14-15H2,1-3H3,(H,27,29,30). The molecule has 35 heavy (non-hydrogen) atoms. The predicted molar refractivity (Wildman–Crippen MR) is 134 cm³/mol. The number of benzene rings is 1. The molecule has 2 atom stereocenters. The predicted octanol–water partition coefficient (Wildman–Crippen LogP) is 2.13. The van der Waals surface area contributed by atoms with Crippen molar-refractivity contribution >= 4 is 11.6 Å². The zero-order chi connectivity index (χ0) is 24.4. The fourth-order valence-corrected chi connectivity index (χ4v) is 4.68. The third kappa shape index (κ3) is 5.68. The molecule has 0 amide bonds. The Morgan fingerprint density at radius 1 is 1.23 bits per heavy atom. The second-order valence-electron chi connectivity index (χ2n) is 9.53. The van der Waals surface area contributed by atoms with Gasteiger partial charge in [0.2, 0.25) is 5.95 Å². The molecule has 186 valence electrons. The molecule has 2 aromatic heterocycles. The van der Waals surface area contributed by atoms with Crippen LogP contribution in [0.2, 0.25) is 0 Å². The highest BCUT2D eigenvalue weighted by Crippen LogP contribution is 2.29. The third-order valence-corrected chi connectivity index (χ3v) is 6.39. The Hall–Kier alpha value is -2.89. The van der Waals surface area contributed by atoms with Gasteiger partial charge in [-0.2, -0.15) is 5.10 Å². The fourth-order valence-electron chi connectivity index (χ4n) is 4.68. The normalized spacial score (nSPS) is 19.7. The molecule has 2 aliphatic rings.